The molecule has 0 spiro atoms. The van der Waals surface area contributed by atoms with Crippen LogP contribution in [0.25, 0.3) is 0 Å². The van der Waals surface area contributed by atoms with Gasteiger partial charge in [-0.25, -0.2) is 0 Å². The summed E-state index contributed by atoms with van der Waals surface area (Å²) in [6.45, 7) is 1.95. The predicted molar refractivity (Wildman–Crippen MR) is 77.3 cm³/mol. The van der Waals surface area contributed by atoms with E-state index in [0.29, 0.717) is 17.2 Å². The smallest absolute Gasteiger partial charge is 0.251 e. The Morgan fingerprint density at radius 2 is 2.06 bits per heavy atom. The van der Waals surface area contributed by atoms with Crippen LogP contribution in [-0.2, 0) is 5.88 Å². The van der Waals surface area contributed by atoms with Gasteiger partial charge in [0.2, 0.25) is 0 Å². The molecule has 100 valence electrons. The van der Waals surface area contributed by atoms with E-state index in [0.717, 1.165) is 5.56 Å². The van der Waals surface area contributed by atoms with Crippen LogP contribution in [0.2, 0.25) is 0 Å². The standard InChI is InChI=1S/C13H18ClNO2S/c1-13(17,9-18-2)8-15-12(16)11-5-3-10(7-14)4-6-11/h3-6,17H,7-9H2,1-2H3,(H,15,16). The molecule has 1 aromatic rings. The van der Waals surface area contributed by atoms with Gasteiger partial charge in [0.1, 0.15) is 0 Å². The number of hydrogen-bond acceptors (Lipinski definition) is 3. The Labute approximate surface area is 117 Å². The van der Waals surface area contributed by atoms with E-state index in [1.54, 1.807) is 30.8 Å². The van der Waals surface area contributed by atoms with E-state index in [2.05, 4.69) is 5.32 Å². The third-order valence-corrected chi connectivity index (χ3v) is 3.67. The number of carbonyl (C=O) groups is 1. The minimum absolute atomic E-state index is 0.183. The normalized spacial score (nSPS) is 14.0. The molecule has 3 nitrogen and oxygen atoms in total. The number of benzene rings is 1. The Hall–Kier alpha value is -0.710. The van der Waals surface area contributed by atoms with Crippen molar-refractivity contribution < 1.29 is 9.90 Å². The summed E-state index contributed by atoms with van der Waals surface area (Å²) in [6.07, 6.45) is 1.92. The molecule has 0 bridgehead atoms. The van der Waals surface area contributed by atoms with Crippen molar-refractivity contribution in [2.24, 2.45) is 0 Å². The van der Waals surface area contributed by atoms with Crippen LogP contribution >= 0.6 is 23.4 Å². The van der Waals surface area contributed by atoms with E-state index >= 15 is 0 Å². The monoisotopic (exact) mass is 287 g/mol. The summed E-state index contributed by atoms with van der Waals surface area (Å²) in [5.74, 6) is 0.834. The lowest BCUT2D eigenvalue weighted by molar-refractivity contribution is 0.0725. The zero-order valence-corrected chi connectivity index (χ0v) is 12.1. The Kier molecular flexibility index (Phi) is 5.99. The van der Waals surface area contributed by atoms with Gasteiger partial charge in [-0.15, -0.1) is 11.6 Å². The molecule has 2 N–H and O–H groups in total. The van der Waals surface area contributed by atoms with Crippen molar-refractivity contribution in [2.75, 3.05) is 18.6 Å². The molecule has 0 aromatic heterocycles. The van der Waals surface area contributed by atoms with Gasteiger partial charge in [-0.05, 0) is 30.9 Å². The molecule has 0 aliphatic heterocycles. The number of nitrogens with one attached hydrogen (secondary N) is 1. The summed E-state index contributed by atoms with van der Waals surface area (Å²) < 4.78 is 0. The first kappa shape index (κ1) is 15.3. The molecule has 0 aliphatic rings. The lowest BCUT2D eigenvalue weighted by atomic mass is 10.1. The molecule has 18 heavy (non-hydrogen) atoms. The van der Waals surface area contributed by atoms with Crippen molar-refractivity contribution in [2.45, 2.75) is 18.4 Å². The second-order valence-electron chi connectivity index (χ2n) is 4.44. The zero-order valence-electron chi connectivity index (χ0n) is 10.6. The molecule has 0 radical (unpaired) electrons. The van der Waals surface area contributed by atoms with Gasteiger partial charge >= 0.3 is 0 Å². The van der Waals surface area contributed by atoms with E-state index < -0.39 is 5.60 Å². The zero-order chi connectivity index (χ0) is 13.6. The van der Waals surface area contributed by atoms with Crippen molar-refractivity contribution in [1.29, 1.82) is 0 Å². The first-order valence-electron chi connectivity index (χ1n) is 5.63. The second kappa shape index (κ2) is 7.02. The fourth-order valence-electron chi connectivity index (χ4n) is 1.48. The van der Waals surface area contributed by atoms with Crippen LogP contribution in [0.1, 0.15) is 22.8 Å². The van der Waals surface area contributed by atoms with Crippen molar-refractivity contribution in [3.05, 3.63) is 35.4 Å². The minimum atomic E-state index is -0.884. The lowest BCUT2D eigenvalue weighted by Gasteiger charge is -2.22. The third kappa shape index (κ3) is 4.88. The molecule has 0 saturated carbocycles. The summed E-state index contributed by atoms with van der Waals surface area (Å²) in [5.41, 5.74) is 0.664. The molecule has 0 saturated heterocycles. The van der Waals surface area contributed by atoms with E-state index in [1.807, 2.05) is 18.4 Å². The van der Waals surface area contributed by atoms with E-state index in [-0.39, 0.29) is 12.5 Å². The number of rotatable bonds is 6. The largest absolute Gasteiger partial charge is 0.387 e. The number of halogens is 1. The van der Waals surface area contributed by atoms with Crippen molar-refractivity contribution in [1.82, 2.24) is 5.32 Å². The maximum absolute atomic E-state index is 11.8. The van der Waals surface area contributed by atoms with Gasteiger partial charge in [-0.2, -0.15) is 11.8 Å². The number of amides is 1. The fourth-order valence-corrected chi connectivity index (χ4v) is 2.38. The SMILES string of the molecule is CSCC(C)(O)CNC(=O)c1ccc(CCl)cc1. The van der Waals surface area contributed by atoms with Gasteiger partial charge in [-0.3, -0.25) is 4.79 Å². The number of alkyl halides is 1. The Morgan fingerprint density at radius 1 is 1.44 bits per heavy atom. The average molecular weight is 288 g/mol. The highest BCUT2D eigenvalue weighted by atomic mass is 35.5. The van der Waals surface area contributed by atoms with Crippen LogP contribution < -0.4 is 5.32 Å². The summed E-state index contributed by atoms with van der Waals surface area (Å²) in [4.78, 5) is 11.8. The average Bonchev–Trinajstić information content (AvgIpc) is 2.36. The number of carbonyl (C=O) groups excluding carboxylic acids is 1. The van der Waals surface area contributed by atoms with Crippen LogP contribution in [0.4, 0.5) is 0 Å². The summed E-state index contributed by atoms with van der Waals surface area (Å²) in [6, 6.07) is 7.11. The van der Waals surface area contributed by atoms with Gasteiger partial charge in [0, 0.05) is 23.7 Å². The quantitative estimate of drug-likeness (QED) is 0.789. The molecule has 5 heteroatoms. The van der Waals surface area contributed by atoms with Gasteiger partial charge in [0.25, 0.3) is 5.91 Å². The maximum atomic E-state index is 11.8. The minimum Gasteiger partial charge on any atom is -0.387 e. The first-order valence-corrected chi connectivity index (χ1v) is 7.56. The second-order valence-corrected chi connectivity index (χ2v) is 5.58. The van der Waals surface area contributed by atoms with E-state index in [9.17, 15) is 9.90 Å². The Morgan fingerprint density at radius 3 is 2.56 bits per heavy atom. The van der Waals surface area contributed by atoms with E-state index in [1.165, 1.54) is 0 Å². The summed E-state index contributed by atoms with van der Waals surface area (Å²) in [5, 5.41) is 12.7. The highest BCUT2D eigenvalue weighted by molar-refractivity contribution is 7.98. The molecule has 0 aliphatic carbocycles. The molecule has 1 rings (SSSR count). The molecular weight excluding hydrogens is 270 g/mol. The van der Waals surface area contributed by atoms with Crippen molar-refractivity contribution in [3.8, 4) is 0 Å². The van der Waals surface area contributed by atoms with Crippen LogP contribution in [0.3, 0.4) is 0 Å². The fraction of sp³-hybridized carbons (Fsp3) is 0.462. The molecule has 0 heterocycles. The molecule has 0 fully saturated rings. The van der Waals surface area contributed by atoms with Crippen molar-refractivity contribution in [3.63, 3.8) is 0 Å². The topological polar surface area (TPSA) is 49.3 Å². The van der Waals surface area contributed by atoms with Crippen LogP contribution in [-0.4, -0.2) is 35.2 Å². The number of hydrogen-bond donors (Lipinski definition) is 2. The maximum Gasteiger partial charge on any atom is 0.251 e. The third-order valence-electron chi connectivity index (χ3n) is 2.46. The van der Waals surface area contributed by atoms with Crippen LogP contribution in [0.15, 0.2) is 24.3 Å². The number of aliphatic hydroxyl groups is 1. The molecule has 1 atom stereocenters. The molecule has 1 amide bonds. The molecule has 1 aromatic carbocycles. The van der Waals surface area contributed by atoms with Gasteiger partial charge in [0.15, 0.2) is 0 Å². The Bertz CT molecular complexity index is 392. The highest BCUT2D eigenvalue weighted by Crippen LogP contribution is 2.10. The van der Waals surface area contributed by atoms with Crippen LogP contribution in [0.5, 0.6) is 0 Å². The van der Waals surface area contributed by atoms with Gasteiger partial charge in [-0.1, -0.05) is 12.1 Å². The summed E-state index contributed by atoms with van der Waals surface area (Å²) in [7, 11) is 0. The first-order chi connectivity index (χ1) is 8.48. The van der Waals surface area contributed by atoms with Crippen molar-refractivity contribution >= 4 is 29.3 Å². The van der Waals surface area contributed by atoms with Gasteiger partial charge in [0.05, 0.1) is 5.60 Å². The van der Waals surface area contributed by atoms with E-state index in [4.69, 9.17) is 11.6 Å². The summed E-state index contributed by atoms with van der Waals surface area (Å²) >= 11 is 7.22. The lowest BCUT2D eigenvalue weighted by Crippen LogP contribution is -2.42. The highest BCUT2D eigenvalue weighted by Gasteiger charge is 2.20. The van der Waals surface area contributed by atoms with Crippen LogP contribution in [0, 0.1) is 0 Å². The van der Waals surface area contributed by atoms with Gasteiger partial charge < -0.3 is 10.4 Å². The molecule has 1 unspecified atom stereocenters. The predicted octanol–water partition coefficient (Wildman–Crippen LogP) is 2.27. The molecular formula is C13H18ClNO2S. The Balaban J connectivity index is 2.54. The number of thioether (sulfide) groups is 1.